The van der Waals surface area contributed by atoms with Crippen LogP contribution in [0, 0.1) is 11.8 Å². The van der Waals surface area contributed by atoms with Crippen LogP contribution in [-0.2, 0) is 4.79 Å². The Morgan fingerprint density at radius 2 is 1.85 bits per heavy atom. The number of nitrogens with zero attached hydrogens (tertiary/aromatic N) is 1. The lowest BCUT2D eigenvalue weighted by Crippen LogP contribution is -2.52. The number of Topliss-reactive ketones (excluding diaryl/α,β-unsaturated/α-hetero) is 1. The van der Waals surface area contributed by atoms with Crippen molar-refractivity contribution < 1.29 is 4.79 Å². The van der Waals surface area contributed by atoms with E-state index < -0.39 is 0 Å². The van der Waals surface area contributed by atoms with Gasteiger partial charge in [-0.1, -0.05) is 13.8 Å². The van der Waals surface area contributed by atoms with Crippen molar-refractivity contribution in [3.63, 3.8) is 0 Å². The molecule has 1 aliphatic rings. The zero-order valence-electron chi connectivity index (χ0n) is 9.42. The van der Waals surface area contributed by atoms with Crippen molar-refractivity contribution in [1.29, 1.82) is 0 Å². The second-order valence-corrected chi connectivity index (χ2v) is 5.28. The number of carbonyl (C=O) groups excluding carboxylic acids is 1. The lowest BCUT2D eigenvalue weighted by Gasteiger charge is -2.42. The number of hydrogen-bond acceptors (Lipinski definition) is 2. The Morgan fingerprint density at radius 1 is 1.31 bits per heavy atom. The molecule has 0 aliphatic carbocycles. The van der Waals surface area contributed by atoms with Gasteiger partial charge in [0.25, 0.3) is 0 Å². The van der Waals surface area contributed by atoms with E-state index in [-0.39, 0.29) is 11.5 Å². The van der Waals surface area contributed by atoms with E-state index >= 15 is 0 Å². The molecule has 0 aromatic carbocycles. The number of carbonyl (C=O) groups is 1. The van der Waals surface area contributed by atoms with Crippen LogP contribution >= 0.6 is 0 Å². The van der Waals surface area contributed by atoms with Gasteiger partial charge in [0.05, 0.1) is 6.54 Å². The topological polar surface area (TPSA) is 20.3 Å². The molecule has 76 valence electrons. The fourth-order valence-electron chi connectivity index (χ4n) is 1.73. The number of ketones is 1. The summed E-state index contributed by atoms with van der Waals surface area (Å²) in [5, 5.41) is 0. The molecule has 0 unspecified atom stereocenters. The molecule has 0 spiro atoms. The summed E-state index contributed by atoms with van der Waals surface area (Å²) < 4.78 is 0. The van der Waals surface area contributed by atoms with Crippen molar-refractivity contribution in [3.05, 3.63) is 0 Å². The molecule has 1 saturated heterocycles. The van der Waals surface area contributed by atoms with Gasteiger partial charge in [0, 0.05) is 18.0 Å². The summed E-state index contributed by atoms with van der Waals surface area (Å²) >= 11 is 0. The molecule has 0 radical (unpaired) electrons. The van der Waals surface area contributed by atoms with E-state index in [9.17, 15) is 4.79 Å². The first kappa shape index (κ1) is 10.7. The Labute approximate surface area is 81.3 Å². The molecule has 0 bridgehead atoms. The monoisotopic (exact) mass is 183 g/mol. The van der Waals surface area contributed by atoms with Gasteiger partial charge in [-0.15, -0.1) is 0 Å². The van der Waals surface area contributed by atoms with Crippen molar-refractivity contribution in [2.75, 3.05) is 13.1 Å². The average molecular weight is 183 g/mol. The average Bonchev–Trinajstić information content (AvgIpc) is 1.97. The van der Waals surface area contributed by atoms with Gasteiger partial charge in [-0.3, -0.25) is 9.69 Å². The van der Waals surface area contributed by atoms with Crippen molar-refractivity contribution in [2.45, 2.75) is 40.2 Å². The highest BCUT2D eigenvalue weighted by Crippen LogP contribution is 2.25. The Hall–Kier alpha value is -0.370. The van der Waals surface area contributed by atoms with E-state index in [1.165, 1.54) is 0 Å². The first-order valence-corrected chi connectivity index (χ1v) is 5.10. The Kier molecular flexibility index (Phi) is 2.81. The molecular formula is C11H21NO. The molecule has 2 nitrogen and oxygen atoms in total. The second kappa shape index (κ2) is 3.41. The van der Waals surface area contributed by atoms with Crippen LogP contribution < -0.4 is 0 Å². The smallest absolute Gasteiger partial charge is 0.149 e. The zero-order chi connectivity index (χ0) is 10.2. The van der Waals surface area contributed by atoms with E-state index in [2.05, 4.69) is 32.6 Å². The second-order valence-electron chi connectivity index (χ2n) is 5.28. The van der Waals surface area contributed by atoms with Gasteiger partial charge >= 0.3 is 0 Å². The largest absolute Gasteiger partial charge is 0.298 e. The fraction of sp³-hybridized carbons (Fsp3) is 0.909. The van der Waals surface area contributed by atoms with Crippen molar-refractivity contribution in [3.8, 4) is 0 Å². The summed E-state index contributed by atoms with van der Waals surface area (Å²) in [6.07, 6.45) is 0. The van der Waals surface area contributed by atoms with Crippen LogP contribution in [0.5, 0.6) is 0 Å². The molecule has 1 heterocycles. The Morgan fingerprint density at radius 3 is 2.23 bits per heavy atom. The Bertz CT molecular complexity index is 205. The third kappa shape index (κ3) is 2.31. The lowest BCUT2D eigenvalue weighted by molar-refractivity contribution is -0.130. The van der Waals surface area contributed by atoms with E-state index in [4.69, 9.17) is 0 Å². The van der Waals surface area contributed by atoms with Crippen LogP contribution in [0.15, 0.2) is 0 Å². The third-order valence-electron chi connectivity index (χ3n) is 3.17. The highest BCUT2D eigenvalue weighted by molar-refractivity contribution is 5.83. The molecule has 0 aromatic heterocycles. The van der Waals surface area contributed by atoms with Crippen LogP contribution in [-0.4, -0.2) is 29.3 Å². The highest BCUT2D eigenvalue weighted by Gasteiger charge is 2.34. The SMILES string of the molecule is C[C@@H]1CN(C(C)(C)C)CC(=O)[C@@H]1C. The molecule has 2 heteroatoms. The minimum absolute atomic E-state index is 0.129. The molecule has 0 N–H and O–H groups in total. The third-order valence-corrected chi connectivity index (χ3v) is 3.17. The summed E-state index contributed by atoms with van der Waals surface area (Å²) in [6, 6.07) is 0. The van der Waals surface area contributed by atoms with Gasteiger partial charge < -0.3 is 0 Å². The summed E-state index contributed by atoms with van der Waals surface area (Å²) in [6.45, 7) is 12.4. The summed E-state index contributed by atoms with van der Waals surface area (Å²) in [5.41, 5.74) is 0.129. The summed E-state index contributed by atoms with van der Waals surface area (Å²) in [4.78, 5) is 13.9. The molecule has 0 aromatic rings. The molecule has 0 saturated carbocycles. The van der Waals surface area contributed by atoms with Gasteiger partial charge in [-0.05, 0) is 26.7 Å². The molecule has 1 rings (SSSR count). The van der Waals surface area contributed by atoms with Crippen molar-refractivity contribution >= 4 is 5.78 Å². The normalized spacial score (nSPS) is 32.2. The first-order chi connectivity index (χ1) is 5.82. The maximum atomic E-state index is 11.6. The van der Waals surface area contributed by atoms with Gasteiger partial charge in [-0.2, -0.15) is 0 Å². The highest BCUT2D eigenvalue weighted by atomic mass is 16.1. The number of piperidine rings is 1. The van der Waals surface area contributed by atoms with Gasteiger partial charge in [0.1, 0.15) is 5.78 Å². The number of hydrogen-bond donors (Lipinski definition) is 0. The molecule has 2 atom stereocenters. The lowest BCUT2D eigenvalue weighted by atomic mass is 9.85. The minimum Gasteiger partial charge on any atom is -0.298 e. The van der Waals surface area contributed by atoms with Crippen LogP contribution in [0.25, 0.3) is 0 Å². The van der Waals surface area contributed by atoms with E-state index in [0.717, 1.165) is 6.54 Å². The zero-order valence-corrected chi connectivity index (χ0v) is 9.42. The minimum atomic E-state index is 0.129. The number of likely N-dealkylation sites (tertiary alicyclic amines) is 1. The van der Waals surface area contributed by atoms with E-state index in [1.807, 2.05) is 6.92 Å². The van der Waals surface area contributed by atoms with Crippen molar-refractivity contribution in [1.82, 2.24) is 4.90 Å². The first-order valence-electron chi connectivity index (χ1n) is 5.10. The fourth-order valence-corrected chi connectivity index (χ4v) is 1.73. The van der Waals surface area contributed by atoms with Crippen LogP contribution in [0.4, 0.5) is 0 Å². The van der Waals surface area contributed by atoms with Gasteiger partial charge in [0.2, 0.25) is 0 Å². The predicted octanol–water partition coefficient (Wildman–Crippen LogP) is 1.94. The maximum absolute atomic E-state index is 11.6. The Balaban J connectivity index is 2.69. The standard InChI is InChI=1S/C11H21NO/c1-8-6-12(11(3,4)5)7-10(13)9(8)2/h8-9H,6-7H2,1-5H3/t8-,9-/m1/s1. The predicted molar refractivity (Wildman–Crippen MR) is 54.7 cm³/mol. The molecule has 0 amide bonds. The van der Waals surface area contributed by atoms with E-state index in [1.54, 1.807) is 0 Å². The summed E-state index contributed by atoms with van der Waals surface area (Å²) in [7, 11) is 0. The quantitative estimate of drug-likeness (QED) is 0.572. The molecule has 13 heavy (non-hydrogen) atoms. The summed E-state index contributed by atoms with van der Waals surface area (Å²) in [5.74, 6) is 1.15. The number of rotatable bonds is 0. The van der Waals surface area contributed by atoms with Gasteiger partial charge in [0.15, 0.2) is 0 Å². The van der Waals surface area contributed by atoms with Gasteiger partial charge in [-0.25, -0.2) is 0 Å². The van der Waals surface area contributed by atoms with Crippen LogP contribution in [0.2, 0.25) is 0 Å². The molecule has 1 aliphatic heterocycles. The molecular weight excluding hydrogens is 162 g/mol. The molecule has 1 fully saturated rings. The van der Waals surface area contributed by atoms with Crippen LogP contribution in [0.1, 0.15) is 34.6 Å². The maximum Gasteiger partial charge on any atom is 0.149 e. The van der Waals surface area contributed by atoms with Crippen LogP contribution in [0.3, 0.4) is 0 Å². The van der Waals surface area contributed by atoms with E-state index in [0.29, 0.717) is 18.2 Å². The van der Waals surface area contributed by atoms with Crippen molar-refractivity contribution in [2.24, 2.45) is 11.8 Å².